The molecule has 0 N–H and O–H groups in total. The predicted molar refractivity (Wildman–Crippen MR) is 127 cm³/mol. The number of hydrogen-bond donors (Lipinski definition) is 0. The van der Waals surface area contributed by atoms with Crippen molar-refractivity contribution in [1.29, 1.82) is 0 Å². The number of nitrogens with zero attached hydrogens (tertiary/aromatic N) is 1. The summed E-state index contributed by atoms with van der Waals surface area (Å²) >= 11 is 0. The standard InChI is InChI=1S/C26H32F3NO3S/c1-24(2,3)30-17-15-25(19-31,16-18-30)34(32,33)23-12-10-22(11-13-23)21-8-6-20(7-9-21)5-4-14-26(27,28)29/h6-13,19H,4-5,14-18H2,1-3H3. The normalized spacial score (nSPS) is 17.5. The molecule has 0 unspecified atom stereocenters. The highest BCUT2D eigenvalue weighted by Gasteiger charge is 2.48. The van der Waals surface area contributed by atoms with Crippen molar-refractivity contribution in [2.45, 2.75) is 74.2 Å². The molecule has 0 aromatic heterocycles. The van der Waals surface area contributed by atoms with Crippen molar-refractivity contribution in [1.82, 2.24) is 4.90 Å². The third-order valence-corrected chi connectivity index (χ3v) is 9.15. The van der Waals surface area contributed by atoms with Gasteiger partial charge in [-0.1, -0.05) is 36.4 Å². The first kappa shape index (κ1) is 26.4. The molecule has 1 aliphatic heterocycles. The van der Waals surface area contributed by atoms with Crippen LogP contribution < -0.4 is 0 Å². The topological polar surface area (TPSA) is 54.5 Å². The molecule has 2 aromatic rings. The van der Waals surface area contributed by atoms with Crippen LogP contribution in [0.4, 0.5) is 13.2 Å². The number of aldehydes is 1. The van der Waals surface area contributed by atoms with Crippen LogP contribution in [0.25, 0.3) is 11.1 Å². The number of alkyl halides is 3. The largest absolute Gasteiger partial charge is 0.389 e. The zero-order valence-corrected chi connectivity index (χ0v) is 20.7. The minimum absolute atomic E-state index is 0.0431. The first-order valence-corrected chi connectivity index (χ1v) is 13.0. The fourth-order valence-corrected chi connectivity index (χ4v) is 6.23. The predicted octanol–water partition coefficient (Wildman–Crippen LogP) is 5.84. The lowest BCUT2D eigenvalue weighted by atomic mass is 9.93. The SMILES string of the molecule is CC(C)(C)N1CCC(C=O)(S(=O)(=O)c2ccc(-c3ccc(CCCC(F)(F)F)cc3)cc2)CC1. The number of benzene rings is 2. The molecule has 186 valence electrons. The van der Waals surface area contributed by atoms with Crippen LogP contribution in [-0.2, 0) is 21.1 Å². The van der Waals surface area contributed by atoms with E-state index in [4.69, 9.17) is 0 Å². The average Bonchev–Trinajstić information content (AvgIpc) is 2.78. The van der Waals surface area contributed by atoms with Gasteiger partial charge in [0.05, 0.1) is 4.90 Å². The number of aryl methyl sites for hydroxylation is 1. The zero-order valence-electron chi connectivity index (χ0n) is 19.9. The summed E-state index contributed by atoms with van der Waals surface area (Å²) < 4.78 is 62.4. The second-order valence-corrected chi connectivity index (χ2v) is 12.3. The van der Waals surface area contributed by atoms with E-state index < -0.39 is 27.2 Å². The molecule has 0 bridgehead atoms. The first-order chi connectivity index (χ1) is 15.8. The third-order valence-electron chi connectivity index (χ3n) is 6.69. The molecule has 4 nitrogen and oxygen atoms in total. The number of rotatable bonds is 7. The number of sulfone groups is 1. The molecule has 34 heavy (non-hydrogen) atoms. The van der Waals surface area contributed by atoms with Crippen LogP contribution in [0.1, 0.15) is 52.0 Å². The minimum atomic E-state index is -4.14. The summed E-state index contributed by atoms with van der Waals surface area (Å²) in [6.45, 7) is 7.29. The van der Waals surface area contributed by atoms with Crippen molar-refractivity contribution in [3.8, 4) is 11.1 Å². The number of carbonyl (C=O) groups excluding carboxylic acids is 1. The van der Waals surface area contributed by atoms with E-state index in [2.05, 4.69) is 25.7 Å². The van der Waals surface area contributed by atoms with Crippen molar-refractivity contribution < 1.29 is 26.4 Å². The van der Waals surface area contributed by atoms with E-state index in [1.165, 1.54) is 12.1 Å². The fourth-order valence-electron chi connectivity index (χ4n) is 4.42. The third kappa shape index (κ3) is 5.89. The molecule has 1 fully saturated rings. The van der Waals surface area contributed by atoms with Crippen molar-refractivity contribution in [3.63, 3.8) is 0 Å². The number of piperidine rings is 1. The molecule has 8 heteroatoms. The van der Waals surface area contributed by atoms with Gasteiger partial charge in [-0.3, -0.25) is 4.90 Å². The van der Waals surface area contributed by atoms with Crippen LogP contribution in [0.15, 0.2) is 53.4 Å². The van der Waals surface area contributed by atoms with Crippen LogP contribution in [0.2, 0.25) is 0 Å². The van der Waals surface area contributed by atoms with Crippen LogP contribution in [-0.4, -0.2) is 49.2 Å². The van der Waals surface area contributed by atoms with Gasteiger partial charge < -0.3 is 4.79 Å². The van der Waals surface area contributed by atoms with Gasteiger partial charge >= 0.3 is 6.18 Å². The van der Waals surface area contributed by atoms with Crippen LogP contribution >= 0.6 is 0 Å². The van der Waals surface area contributed by atoms with Crippen molar-refractivity contribution in [2.75, 3.05) is 13.1 Å². The summed E-state index contributed by atoms with van der Waals surface area (Å²) in [4.78, 5) is 14.4. The zero-order chi connectivity index (χ0) is 25.2. The van der Waals surface area contributed by atoms with Crippen molar-refractivity contribution >= 4 is 16.1 Å². The van der Waals surface area contributed by atoms with Gasteiger partial charge in [0, 0.05) is 25.0 Å². The summed E-state index contributed by atoms with van der Waals surface area (Å²) in [5.74, 6) is 0. The van der Waals surface area contributed by atoms with Gasteiger partial charge in [-0.15, -0.1) is 0 Å². The number of likely N-dealkylation sites (tertiary alicyclic amines) is 1. The molecule has 0 amide bonds. The highest BCUT2D eigenvalue weighted by Crippen LogP contribution is 2.36. The lowest BCUT2D eigenvalue weighted by Crippen LogP contribution is -2.54. The lowest BCUT2D eigenvalue weighted by molar-refractivity contribution is -0.135. The Morgan fingerprint density at radius 1 is 0.912 bits per heavy atom. The Morgan fingerprint density at radius 2 is 1.41 bits per heavy atom. The Bertz CT molecular complexity index is 1080. The fraction of sp³-hybridized carbons (Fsp3) is 0.500. The van der Waals surface area contributed by atoms with Crippen LogP contribution in [0.3, 0.4) is 0 Å². The first-order valence-electron chi connectivity index (χ1n) is 11.5. The minimum Gasteiger partial charge on any atom is -0.302 e. The Kier molecular flexibility index (Phi) is 7.63. The van der Waals surface area contributed by atoms with Gasteiger partial charge in [0.15, 0.2) is 9.84 Å². The van der Waals surface area contributed by atoms with Gasteiger partial charge in [-0.2, -0.15) is 13.2 Å². The second kappa shape index (κ2) is 9.82. The smallest absolute Gasteiger partial charge is 0.302 e. The molecule has 0 radical (unpaired) electrons. The maximum atomic E-state index is 13.4. The number of halogens is 3. The summed E-state index contributed by atoms with van der Waals surface area (Å²) in [6.07, 6.45) is -3.44. The molecule has 0 atom stereocenters. The average molecular weight is 496 g/mol. The van der Waals surface area contributed by atoms with E-state index in [0.29, 0.717) is 25.8 Å². The van der Waals surface area contributed by atoms with Crippen molar-refractivity contribution in [2.24, 2.45) is 0 Å². The molecular formula is C26H32F3NO3S. The monoisotopic (exact) mass is 495 g/mol. The lowest BCUT2D eigenvalue weighted by Gasteiger charge is -2.43. The molecule has 0 spiro atoms. The Morgan fingerprint density at radius 3 is 1.85 bits per heavy atom. The van der Waals surface area contributed by atoms with E-state index in [-0.39, 0.29) is 29.7 Å². The van der Waals surface area contributed by atoms with Crippen LogP contribution in [0, 0.1) is 0 Å². The summed E-state index contributed by atoms with van der Waals surface area (Å²) in [6, 6.07) is 13.7. The van der Waals surface area contributed by atoms with E-state index in [1.54, 1.807) is 24.3 Å². The number of hydrogen-bond acceptors (Lipinski definition) is 4. The maximum absolute atomic E-state index is 13.4. The molecule has 1 heterocycles. The molecule has 3 rings (SSSR count). The highest BCUT2D eigenvalue weighted by molar-refractivity contribution is 7.93. The van der Waals surface area contributed by atoms with Gasteiger partial charge in [0.2, 0.25) is 0 Å². The molecule has 2 aromatic carbocycles. The molecule has 1 aliphatic rings. The maximum Gasteiger partial charge on any atom is 0.389 e. The summed E-state index contributed by atoms with van der Waals surface area (Å²) in [5, 5.41) is 0. The van der Waals surface area contributed by atoms with E-state index >= 15 is 0 Å². The number of carbonyl (C=O) groups is 1. The van der Waals surface area contributed by atoms with E-state index in [0.717, 1.165) is 16.7 Å². The van der Waals surface area contributed by atoms with E-state index in [9.17, 15) is 26.4 Å². The highest BCUT2D eigenvalue weighted by atomic mass is 32.2. The Labute approximate surface area is 200 Å². The Hall–Kier alpha value is -2.19. The second-order valence-electron chi connectivity index (χ2n) is 10.0. The molecule has 1 saturated heterocycles. The summed E-state index contributed by atoms with van der Waals surface area (Å²) in [7, 11) is -3.86. The molecule has 0 saturated carbocycles. The summed E-state index contributed by atoms with van der Waals surface area (Å²) in [5.41, 5.74) is 2.37. The van der Waals surface area contributed by atoms with Gasteiger partial charge in [0.25, 0.3) is 0 Å². The quantitative estimate of drug-likeness (QED) is 0.453. The van der Waals surface area contributed by atoms with Crippen LogP contribution in [0.5, 0.6) is 0 Å². The molecular weight excluding hydrogens is 463 g/mol. The van der Waals surface area contributed by atoms with Gasteiger partial charge in [0.1, 0.15) is 11.0 Å². The molecule has 0 aliphatic carbocycles. The van der Waals surface area contributed by atoms with E-state index in [1.807, 2.05) is 12.1 Å². The van der Waals surface area contributed by atoms with Gasteiger partial charge in [-0.25, -0.2) is 8.42 Å². The van der Waals surface area contributed by atoms with Crippen molar-refractivity contribution in [3.05, 3.63) is 54.1 Å². The van der Waals surface area contributed by atoms with Gasteiger partial charge in [-0.05, 0) is 75.3 Å². The Balaban J connectivity index is 1.72.